The number of rotatable bonds is 3. The monoisotopic (exact) mass is 391 g/mol. The number of nitrogens with one attached hydrogen (secondary N) is 1. The van der Waals surface area contributed by atoms with Crippen molar-refractivity contribution < 1.29 is 18.0 Å². The summed E-state index contributed by atoms with van der Waals surface area (Å²) in [4.78, 5) is 12.9. The number of para-hydroxylation sites is 1. The van der Waals surface area contributed by atoms with Crippen molar-refractivity contribution >= 4 is 33.1 Å². The first-order valence-electron chi connectivity index (χ1n) is 7.78. The lowest BCUT2D eigenvalue weighted by Crippen LogP contribution is -2.10. The number of hydrogen-bond donors (Lipinski definition) is 1. The van der Waals surface area contributed by atoms with Gasteiger partial charge in [-0.3, -0.25) is 9.48 Å². The van der Waals surface area contributed by atoms with Crippen LogP contribution in [0, 0.1) is 0 Å². The van der Waals surface area contributed by atoms with Crippen LogP contribution >= 0.6 is 11.3 Å². The maximum absolute atomic E-state index is 13.4. The number of benzene rings is 1. The van der Waals surface area contributed by atoms with E-state index < -0.39 is 17.8 Å². The van der Waals surface area contributed by atoms with Crippen molar-refractivity contribution in [1.29, 1.82) is 0 Å². The van der Waals surface area contributed by atoms with Gasteiger partial charge in [-0.1, -0.05) is 18.2 Å². The van der Waals surface area contributed by atoms with Gasteiger partial charge >= 0.3 is 6.18 Å². The van der Waals surface area contributed by atoms with Crippen LogP contribution in [0.4, 0.5) is 18.9 Å². The lowest BCUT2D eigenvalue weighted by molar-refractivity contribution is -0.140. The second kappa shape index (κ2) is 6.23. The molecule has 1 amide bonds. The molecule has 0 atom stereocenters. The molecule has 0 unspecified atom stereocenters. The van der Waals surface area contributed by atoms with E-state index in [4.69, 9.17) is 0 Å². The van der Waals surface area contributed by atoms with Gasteiger partial charge in [-0.15, -0.1) is 11.3 Å². The average molecular weight is 391 g/mol. The van der Waals surface area contributed by atoms with Crippen molar-refractivity contribution in [2.45, 2.75) is 6.18 Å². The standard InChI is InChI=1S/C17H12F3N5OS/c1-24-9-10(8-21-24)22-15(26)13-7-12-14(17(18,19)20)23-25(16(12)27-13)11-5-3-2-4-6-11/h2-9H,1H3,(H,22,26). The van der Waals surface area contributed by atoms with Crippen LogP contribution in [0.25, 0.3) is 15.9 Å². The largest absolute Gasteiger partial charge is 0.435 e. The molecule has 0 radical (unpaired) electrons. The first kappa shape index (κ1) is 17.3. The fourth-order valence-electron chi connectivity index (χ4n) is 2.65. The lowest BCUT2D eigenvalue weighted by atomic mass is 10.2. The smallest absolute Gasteiger partial charge is 0.319 e. The Labute approximate surface area is 154 Å². The molecule has 0 bridgehead atoms. The predicted octanol–water partition coefficient (Wildman–Crippen LogP) is 4.09. The molecule has 6 nitrogen and oxygen atoms in total. The molecule has 27 heavy (non-hydrogen) atoms. The number of halogens is 3. The van der Waals surface area contributed by atoms with Crippen LogP contribution in [0.3, 0.4) is 0 Å². The van der Waals surface area contributed by atoms with Gasteiger partial charge in [0.15, 0.2) is 5.69 Å². The zero-order chi connectivity index (χ0) is 19.2. The second-order valence-corrected chi connectivity index (χ2v) is 6.81. The normalized spacial score (nSPS) is 11.9. The van der Waals surface area contributed by atoms with Crippen LogP contribution in [-0.4, -0.2) is 25.5 Å². The highest BCUT2D eigenvalue weighted by Crippen LogP contribution is 2.39. The van der Waals surface area contributed by atoms with E-state index in [9.17, 15) is 18.0 Å². The molecule has 0 aliphatic heterocycles. The van der Waals surface area contributed by atoms with E-state index >= 15 is 0 Å². The van der Waals surface area contributed by atoms with Gasteiger partial charge in [0.1, 0.15) is 4.83 Å². The maximum atomic E-state index is 13.4. The summed E-state index contributed by atoms with van der Waals surface area (Å²) in [5.74, 6) is -0.503. The minimum absolute atomic E-state index is 0.104. The maximum Gasteiger partial charge on any atom is 0.435 e. The Kier molecular flexibility index (Phi) is 3.99. The summed E-state index contributed by atoms with van der Waals surface area (Å²) >= 11 is 0.951. The first-order chi connectivity index (χ1) is 12.8. The molecule has 10 heteroatoms. The number of aryl methyl sites for hydroxylation is 1. The highest BCUT2D eigenvalue weighted by atomic mass is 32.1. The molecule has 1 aromatic carbocycles. The Hall–Kier alpha value is -3.14. The number of aromatic nitrogens is 4. The summed E-state index contributed by atoms with van der Waals surface area (Å²) < 4.78 is 43.0. The van der Waals surface area contributed by atoms with Crippen molar-refractivity contribution in [3.05, 3.63) is 59.4 Å². The quantitative estimate of drug-likeness (QED) is 0.572. The Bertz CT molecular complexity index is 1130. The molecule has 3 aromatic heterocycles. The number of hydrogen-bond acceptors (Lipinski definition) is 4. The van der Waals surface area contributed by atoms with Crippen molar-refractivity contribution in [2.24, 2.45) is 7.05 Å². The van der Waals surface area contributed by atoms with Crippen molar-refractivity contribution in [3.63, 3.8) is 0 Å². The van der Waals surface area contributed by atoms with Crippen LogP contribution in [0.2, 0.25) is 0 Å². The van der Waals surface area contributed by atoms with Gasteiger partial charge in [0.25, 0.3) is 5.91 Å². The summed E-state index contributed by atoms with van der Waals surface area (Å²) in [5.41, 5.74) is -0.0715. The van der Waals surface area contributed by atoms with Gasteiger partial charge in [-0.05, 0) is 18.2 Å². The molecule has 0 aliphatic rings. The van der Waals surface area contributed by atoms with Crippen molar-refractivity contribution in [3.8, 4) is 5.69 Å². The molecule has 4 aromatic rings. The Morgan fingerprint density at radius 1 is 1.22 bits per heavy atom. The third kappa shape index (κ3) is 3.19. The number of carbonyl (C=O) groups is 1. The van der Waals surface area contributed by atoms with Crippen LogP contribution in [0.1, 0.15) is 15.4 Å². The number of fused-ring (bicyclic) bond motifs is 1. The highest BCUT2D eigenvalue weighted by molar-refractivity contribution is 7.20. The van der Waals surface area contributed by atoms with E-state index in [-0.39, 0.29) is 15.1 Å². The summed E-state index contributed by atoms with van der Waals surface area (Å²) in [6, 6.07) is 9.71. The Balaban J connectivity index is 1.80. The molecular formula is C17H12F3N5OS. The molecular weight excluding hydrogens is 379 g/mol. The van der Waals surface area contributed by atoms with Gasteiger partial charge in [0, 0.05) is 18.6 Å². The number of carbonyl (C=O) groups excluding carboxylic acids is 1. The average Bonchev–Trinajstić information content (AvgIpc) is 3.29. The number of anilines is 1. The van der Waals surface area contributed by atoms with E-state index in [0.29, 0.717) is 11.4 Å². The molecule has 4 rings (SSSR count). The zero-order valence-electron chi connectivity index (χ0n) is 13.9. The summed E-state index contributed by atoms with van der Waals surface area (Å²) in [7, 11) is 1.69. The summed E-state index contributed by atoms with van der Waals surface area (Å²) in [5, 5.41) is 10.2. The zero-order valence-corrected chi connectivity index (χ0v) is 14.7. The van der Waals surface area contributed by atoms with E-state index in [1.165, 1.54) is 21.6 Å². The number of amides is 1. The third-order valence-electron chi connectivity index (χ3n) is 3.82. The van der Waals surface area contributed by atoms with Gasteiger partial charge in [0.05, 0.1) is 22.4 Å². The predicted molar refractivity (Wildman–Crippen MR) is 95.1 cm³/mol. The van der Waals surface area contributed by atoms with Crippen LogP contribution in [0.15, 0.2) is 48.8 Å². The van der Waals surface area contributed by atoms with Crippen LogP contribution < -0.4 is 5.32 Å². The molecule has 0 spiro atoms. The number of nitrogens with zero attached hydrogens (tertiary/aromatic N) is 4. The molecule has 1 N–H and O–H groups in total. The van der Waals surface area contributed by atoms with Gasteiger partial charge in [-0.25, -0.2) is 4.68 Å². The highest BCUT2D eigenvalue weighted by Gasteiger charge is 2.38. The Morgan fingerprint density at radius 3 is 2.59 bits per heavy atom. The minimum atomic E-state index is -4.63. The van der Waals surface area contributed by atoms with E-state index in [0.717, 1.165) is 11.3 Å². The van der Waals surface area contributed by atoms with Crippen molar-refractivity contribution in [1.82, 2.24) is 19.6 Å². The fourth-order valence-corrected chi connectivity index (χ4v) is 3.68. The first-order valence-corrected chi connectivity index (χ1v) is 8.60. The molecule has 0 saturated carbocycles. The molecule has 0 aliphatic carbocycles. The Morgan fingerprint density at radius 2 is 1.96 bits per heavy atom. The number of alkyl halides is 3. The van der Waals surface area contributed by atoms with Gasteiger partial charge < -0.3 is 5.32 Å². The van der Waals surface area contributed by atoms with Gasteiger partial charge in [0.2, 0.25) is 0 Å². The van der Waals surface area contributed by atoms with E-state index in [2.05, 4.69) is 15.5 Å². The molecule has 3 heterocycles. The minimum Gasteiger partial charge on any atom is -0.319 e. The SMILES string of the molecule is Cn1cc(NC(=O)c2cc3c(C(F)(F)F)nn(-c4ccccc4)c3s2)cn1. The lowest BCUT2D eigenvalue weighted by Gasteiger charge is -2.04. The summed E-state index contributed by atoms with van der Waals surface area (Å²) in [6.45, 7) is 0. The van der Waals surface area contributed by atoms with Gasteiger partial charge in [-0.2, -0.15) is 23.4 Å². The van der Waals surface area contributed by atoms with Crippen molar-refractivity contribution in [2.75, 3.05) is 5.32 Å². The van der Waals surface area contributed by atoms with E-state index in [1.54, 1.807) is 43.6 Å². The second-order valence-electron chi connectivity index (χ2n) is 5.78. The van der Waals surface area contributed by atoms with Crippen LogP contribution in [0.5, 0.6) is 0 Å². The molecule has 0 saturated heterocycles. The third-order valence-corrected chi connectivity index (χ3v) is 4.93. The topological polar surface area (TPSA) is 64.7 Å². The van der Waals surface area contributed by atoms with Crippen LogP contribution in [-0.2, 0) is 13.2 Å². The summed E-state index contributed by atoms with van der Waals surface area (Å²) in [6.07, 6.45) is -1.58. The molecule has 138 valence electrons. The number of thiophene rings is 1. The fraction of sp³-hybridized carbons (Fsp3) is 0.118. The molecule has 0 fully saturated rings. The van der Waals surface area contributed by atoms with E-state index in [1.807, 2.05) is 0 Å².